The van der Waals surface area contributed by atoms with Gasteiger partial charge in [0.05, 0.1) is 22.1 Å². The molecule has 13 rings (SSSR count). The molecule has 0 unspecified atom stereocenters. The molecule has 262 valence electrons. The molecule has 0 N–H and O–H groups in total. The van der Waals surface area contributed by atoms with Gasteiger partial charge in [-0.15, -0.1) is 0 Å². The Balaban J connectivity index is 1.32. The number of nitrogens with zero attached hydrogens (tertiary/aromatic N) is 3. The summed E-state index contributed by atoms with van der Waals surface area (Å²) in [5.74, 6) is 0. The molecule has 3 aliphatic rings. The van der Waals surface area contributed by atoms with E-state index in [1.807, 2.05) is 0 Å². The van der Waals surface area contributed by atoms with E-state index in [4.69, 9.17) is 8.83 Å². The number of rotatable bonds is 3. The number of hydrogen-bond acceptors (Lipinski definition) is 5. The first kappa shape index (κ1) is 30.2. The highest BCUT2D eigenvalue weighted by atomic mass is 16.3. The second kappa shape index (κ2) is 10.7. The number of furan rings is 2. The molecule has 0 atom stereocenters. The molecule has 0 spiro atoms. The summed E-state index contributed by atoms with van der Waals surface area (Å²) in [6.45, 7) is 4.49. The zero-order valence-corrected chi connectivity index (χ0v) is 30.7. The number of benzene rings is 8. The van der Waals surface area contributed by atoms with E-state index in [2.05, 4.69) is 186 Å². The summed E-state index contributed by atoms with van der Waals surface area (Å²) in [5, 5.41) is 4.50. The molecule has 0 fully saturated rings. The molecular formula is C50H32BN3O2. The lowest BCUT2D eigenvalue weighted by Crippen LogP contribution is -2.65. The predicted molar refractivity (Wildman–Crippen MR) is 233 cm³/mol. The van der Waals surface area contributed by atoms with Crippen molar-refractivity contribution in [1.82, 2.24) is 0 Å². The van der Waals surface area contributed by atoms with E-state index in [0.29, 0.717) is 0 Å². The van der Waals surface area contributed by atoms with E-state index in [-0.39, 0.29) is 6.71 Å². The standard InChI is InChI=1S/C50H32BN3O2/c1-29-26-30(2)48-46-47(29)53(32-18-8-4-9-19-32)49-42-34-22-12-14-24-38(34)55-40(42)27-36-44(49)51(46)45-37(52(36)31-16-6-3-7-17-31)28-41-43(35-23-13-15-25-39(35)56-41)50(45)54(48)33-20-10-5-11-21-33/h3-28H,1-2H3. The summed E-state index contributed by atoms with van der Waals surface area (Å²) in [6.07, 6.45) is 0. The Morgan fingerprint density at radius 1 is 0.375 bits per heavy atom. The monoisotopic (exact) mass is 717 g/mol. The van der Waals surface area contributed by atoms with Gasteiger partial charge in [-0.1, -0.05) is 97.1 Å². The molecule has 2 aromatic heterocycles. The van der Waals surface area contributed by atoms with Crippen LogP contribution in [0.4, 0.5) is 51.2 Å². The minimum atomic E-state index is -0.0791. The highest BCUT2D eigenvalue weighted by Crippen LogP contribution is 2.56. The normalized spacial score (nSPS) is 13.8. The van der Waals surface area contributed by atoms with Crippen LogP contribution >= 0.6 is 0 Å². The van der Waals surface area contributed by atoms with Crippen molar-refractivity contribution >= 4 is 118 Å². The first-order chi connectivity index (χ1) is 27.7. The van der Waals surface area contributed by atoms with E-state index in [1.165, 1.54) is 50.3 Å². The van der Waals surface area contributed by atoms with Crippen LogP contribution in [-0.4, -0.2) is 6.71 Å². The number of para-hydroxylation sites is 5. The maximum Gasteiger partial charge on any atom is 0.257 e. The van der Waals surface area contributed by atoms with Gasteiger partial charge in [-0.25, -0.2) is 0 Å². The van der Waals surface area contributed by atoms with Crippen LogP contribution in [0.25, 0.3) is 43.9 Å². The summed E-state index contributed by atoms with van der Waals surface area (Å²) < 4.78 is 13.7. The van der Waals surface area contributed by atoms with Crippen LogP contribution in [0.3, 0.4) is 0 Å². The van der Waals surface area contributed by atoms with Crippen molar-refractivity contribution < 1.29 is 8.83 Å². The Morgan fingerprint density at radius 3 is 1.21 bits per heavy atom. The third kappa shape index (κ3) is 3.71. The molecule has 5 heterocycles. The highest BCUT2D eigenvalue weighted by molar-refractivity contribution is 7.03. The third-order valence-electron chi connectivity index (χ3n) is 12.3. The van der Waals surface area contributed by atoms with Crippen molar-refractivity contribution in [3.8, 4) is 0 Å². The van der Waals surface area contributed by atoms with E-state index < -0.39 is 0 Å². The van der Waals surface area contributed by atoms with Gasteiger partial charge in [-0.2, -0.15) is 0 Å². The Bertz CT molecular complexity index is 3100. The van der Waals surface area contributed by atoms with E-state index in [0.717, 1.165) is 72.3 Å². The highest BCUT2D eigenvalue weighted by Gasteiger charge is 2.52. The number of aryl methyl sites for hydroxylation is 2. The van der Waals surface area contributed by atoms with Gasteiger partial charge in [-0.3, -0.25) is 0 Å². The van der Waals surface area contributed by atoms with Crippen LogP contribution in [-0.2, 0) is 0 Å². The molecular weight excluding hydrogens is 685 g/mol. The van der Waals surface area contributed by atoms with Crippen molar-refractivity contribution in [1.29, 1.82) is 0 Å². The van der Waals surface area contributed by atoms with Crippen LogP contribution in [0, 0.1) is 13.8 Å². The molecule has 8 aromatic carbocycles. The first-order valence-electron chi connectivity index (χ1n) is 19.3. The van der Waals surface area contributed by atoms with Gasteiger partial charge in [0.1, 0.15) is 22.3 Å². The maximum absolute atomic E-state index is 6.85. The molecule has 0 radical (unpaired) electrons. The lowest BCUT2D eigenvalue weighted by atomic mass is 9.31. The summed E-state index contributed by atoms with van der Waals surface area (Å²) in [6, 6.07) is 56.6. The summed E-state index contributed by atoms with van der Waals surface area (Å²) in [5.41, 5.74) is 20.2. The van der Waals surface area contributed by atoms with Crippen molar-refractivity contribution in [2.24, 2.45) is 0 Å². The van der Waals surface area contributed by atoms with E-state index >= 15 is 0 Å². The summed E-state index contributed by atoms with van der Waals surface area (Å²) >= 11 is 0. The lowest BCUT2D eigenvalue weighted by Gasteiger charge is -2.50. The zero-order chi connectivity index (χ0) is 36.8. The van der Waals surface area contributed by atoms with Crippen LogP contribution in [0.5, 0.6) is 0 Å². The van der Waals surface area contributed by atoms with E-state index in [1.54, 1.807) is 0 Å². The quantitative estimate of drug-likeness (QED) is 0.170. The van der Waals surface area contributed by atoms with Crippen molar-refractivity contribution in [2.45, 2.75) is 13.8 Å². The SMILES string of the molecule is Cc1cc(C)c2c3c1N(c1ccccc1)c1c4c(cc5oc6ccccc6c15)N(c1ccccc1)c1cc5oc6ccccc6c5c(c1B34)N2c1ccccc1. The van der Waals surface area contributed by atoms with Gasteiger partial charge in [0, 0.05) is 62.7 Å². The fourth-order valence-electron chi connectivity index (χ4n) is 10.3. The lowest BCUT2D eigenvalue weighted by molar-refractivity contribution is 0.669. The topological polar surface area (TPSA) is 36.0 Å². The number of fused-ring (bicyclic) bond motifs is 8. The van der Waals surface area contributed by atoms with Gasteiger partial charge in [0.2, 0.25) is 0 Å². The van der Waals surface area contributed by atoms with Crippen LogP contribution in [0.15, 0.2) is 167 Å². The Morgan fingerprint density at radius 2 is 0.768 bits per heavy atom. The molecule has 0 amide bonds. The molecule has 10 aromatic rings. The van der Waals surface area contributed by atoms with Crippen molar-refractivity contribution in [3.63, 3.8) is 0 Å². The molecule has 0 saturated heterocycles. The van der Waals surface area contributed by atoms with Gasteiger partial charge in [0.25, 0.3) is 6.71 Å². The van der Waals surface area contributed by atoms with Crippen LogP contribution in [0.2, 0.25) is 0 Å². The van der Waals surface area contributed by atoms with Crippen LogP contribution < -0.4 is 31.1 Å². The molecule has 3 aliphatic heterocycles. The molecule has 6 heteroatoms. The average molecular weight is 718 g/mol. The van der Waals surface area contributed by atoms with Crippen LogP contribution in [0.1, 0.15) is 11.1 Å². The van der Waals surface area contributed by atoms with Gasteiger partial charge in [-0.05, 0) is 89.9 Å². The fourth-order valence-corrected chi connectivity index (χ4v) is 10.3. The molecule has 0 aliphatic carbocycles. The van der Waals surface area contributed by atoms with Crippen molar-refractivity contribution in [3.05, 3.63) is 169 Å². The Kier molecular flexibility index (Phi) is 5.79. The number of hydrogen-bond donors (Lipinski definition) is 0. The smallest absolute Gasteiger partial charge is 0.257 e. The Labute approximate surface area is 323 Å². The fraction of sp³-hybridized carbons (Fsp3) is 0.0400. The van der Waals surface area contributed by atoms with Gasteiger partial charge < -0.3 is 23.5 Å². The minimum absolute atomic E-state index is 0.0791. The van der Waals surface area contributed by atoms with Gasteiger partial charge in [0.15, 0.2) is 0 Å². The summed E-state index contributed by atoms with van der Waals surface area (Å²) in [7, 11) is 0. The minimum Gasteiger partial charge on any atom is -0.456 e. The third-order valence-corrected chi connectivity index (χ3v) is 12.3. The second-order valence-electron chi connectivity index (χ2n) is 15.3. The Hall–Kier alpha value is -7.18. The predicted octanol–water partition coefficient (Wildman–Crippen LogP) is 12.0. The second-order valence-corrected chi connectivity index (χ2v) is 15.3. The molecule has 5 nitrogen and oxygen atoms in total. The maximum atomic E-state index is 6.85. The van der Waals surface area contributed by atoms with Crippen molar-refractivity contribution in [2.75, 3.05) is 14.7 Å². The molecule has 0 bridgehead atoms. The summed E-state index contributed by atoms with van der Waals surface area (Å²) in [4.78, 5) is 7.54. The first-order valence-corrected chi connectivity index (χ1v) is 19.3. The zero-order valence-electron chi connectivity index (χ0n) is 30.7. The molecule has 56 heavy (non-hydrogen) atoms. The average Bonchev–Trinajstić information content (AvgIpc) is 3.81. The number of anilines is 9. The van der Waals surface area contributed by atoms with Gasteiger partial charge >= 0.3 is 0 Å². The van der Waals surface area contributed by atoms with E-state index in [9.17, 15) is 0 Å². The largest absolute Gasteiger partial charge is 0.456 e. The molecule has 0 saturated carbocycles.